The maximum absolute atomic E-state index is 11.2. The van der Waals surface area contributed by atoms with E-state index in [-0.39, 0.29) is 17.6 Å². The molecule has 11 heavy (non-hydrogen) atoms. The highest BCUT2D eigenvalue weighted by Crippen LogP contribution is 2.07. The van der Waals surface area contributed by atoms with Crippen LogP contribution in [0.25, 0.3) is 0 Å². The lowest BCUT2D eigenvalue weighted by atomic mass is 10.1. The molecular weight excluding hydrogens is 142 g/mol. The number of rotatable bonds is 2. The van der Waals surface area contributed by atoms with E-state index in [4.69, 9.17) is 4.42 Å². The zero-order chi connectivity index (χ0) is 8.43. The zero-order valence-electron chi connectivity index (χ0n) is 6.92. The molecule has 0 saturated carbocycles. The summed E-state index contributed by atoms with van der Waals surface area (Å²) < 4.78 is 5.05. The molecule has 0 aliphatic carbocycles. The Morgan fingerprint density at radius 3 is 2.64 bits per heavy atom. The zero-order valence-corrected chi connectivity index (χ0v) is 6.92. The monoisotopic (exact) mass is 153 g/mol. The number of hydrogen-bond acceptors (Lipinski definition) is 3. The van der Waals surface area contributed by atoms with Crippen LogP contribution in [-0.2, 0) is 0 Å². The fraction of sp³-hybridized carbons (Fsp3) is 0.500. The number of oxazole rings is 1. The van der Waals surface area contributed by atoms with Crippen molar-refractivity contribution < 1.29 is 9.21 Å². The molecule has 0 aliphatic rings. The SMILES string of the molecule is Cc1cnc(C(=O)C(C)C)o1. The minimum atomic E-state index is -0.0481. The molecule has 0 bridgehead atoms. The topological polar surface area (TPSA) is 43.1 Å². The number of aromatic nitrogens is 1. The lowest BCUT2D eigenvalue weighted by molar-refractivity contribution is 0.0903. The van der Waals surface area contributed by atoms with Crippen LogP contribution >= 0.6 is 0 Å². The highest BCUT2D eigenvalue weighted by molar-refractivity contribution is 5.93. The van der Waals surface area contributed by atoms with Crippen LogP contribution in [0.15, 0.2) is 10.6 Å². The summed E-state index contributed by atoms with van der Waals surface area (Å²) in [5.74, 6) is 0.803. The fourth-order valence-corrected chi connectivity index (χ4v) is 0.716. The Morgan fingerprint density at radius 1 is 1.64 bits per heavy atom. The predicted octanol–water partition coefficient (Wildman–Crippen LogP) is 1.82. The Labute approximate surface area is 65.4 Å². The molecule has 0 radical (unpaired) electrons. The van der Waals surface area contributed by atoms with Gasteiger partial charge in [-0.05, 0) is 6.92 Å². The molecular formula is C8H11NO2. The molecule has 0 spiro atoms. The van der Waals surface area contributed by atoms with Crippen molar-refractivity contribution in [1.82, 2.24) is 4.98 Å². The molecule has 1 aromatic heterocycles. The summed E-state index contributed by atoms with van der Waals surface area (Å²) in [5.41, 5.74) is 0. The molecule has 0 amide bonds. The van der Waals surface area contributed by atoms with Crippen molar-refractivity contribution in [3.63, 3.8) is 0 Å². The van der Waals surface area contributed by atoms with Crippen LogP contribution in [0.1, 0.15) is 30.3 Å². The molecule has 0 aromatic carbocycles. The van der Waals surface area contributed by atoms with Crippen molar-refractivity contribution in [3.8, 4) is 0 Å². The van der Waals surface area contributed by atoms with Gasteiger partial charge in [-0.1, -0.05) is 13.8 Å². The summed E-state index contributed by atoms with van der Waals surface area (Å²) in [4.78, 5) is 15.0. The summed E-state index contributed by atoms with van der Waals surface area (Å²) in [5, 5.41) is 0. The van der Waals surface area contributed by atoms with E-state index in [1.54, 1.807) is 13.1 Å². The third-order valence-corrected chi connectivity index (χ3v) is 1.36. The standard InChI is InChI=1S/C8H11NO2/c1-5(2)7(10)8-9-4-6(3)11-8/h4-5H,1-3H3. The predicted molar refractivity (Wildman–Crippen MR) is 40.4 cm³/mol. The second-order valence-electron chi connectivity index (χ2n) is 2.80. The van der Waals surface area contributed by atoms with Gasteiger partial charge >= 0.3 is 0 Å². The van der Waals surface area contributed by atoms with Crippen LogP contribution < -0.4 is 0 Å². The van der Waals surface area contributed by atoms with Gasteiger partial charge in [0.05, 0.1) is 6.20 Å². The first-order chi connectivity index (χ1) is 5.11. The number of Topliss-reactive ketones (excluding diaryl/α,β-unsaturated/α-hetero) is 1. The van der Waals surface area contributed by atoms with Crippen molar-refractivity contribution >= 4 is 5.78 Å². The number of carbonyl (C=O) groups excluding carboxylic acids is 1. The first-order valence-corrected chi connectivity index (χ1v) is 3.58. The van der Waals surface area contributed by atoms with Crippen molar-refractivity contribution in [2.45, 2.75) is 20.8 Å². The van der Waals surface area contributed by atoms with Gasteiger partial charge in [-0.3, -0.25) is 4.79 Å². The second-order valence-corrected chi connectivity index (χ2v) is 2.80. The third kappa shape index (κ3) is 1.67. The summed E-state index contributed by atoms with van der Waals surface area (Å²) in [6, 6.07) is 0. The largest absolute Gasteiger partial charge is 0.439 e. The van der Waals surface area contributed by atoms with Gasteiger partial charge < -0.3 is 4.42 Å². The third-order valence-electron chi connectivity index (χ3n) is 1.36. The molecule has 3 heteroatoms. The molecule has 0 fully saturated rings. The van der Waals surface area contributed by atoms with Gasteiger partial charge in [0.25, 0.3) is 5.89 Å². The van der Waals surface area contributed by atoms with E-state index in [0.717, 1.165) is 0 Å². The van der Waals surface area contributed by atoms with E-state index >= 15 is 0 Å². The number of nitrogens with zero attached hydrogens (tertiary/aromatic N) is 1. The lowest BCUT2D eigenvalue weighted by Crippen LogP contribution is -2.07. The fourth-order valence-electron chi connectivity index (χ4n) is 0.716. The van der Waals surface area contributed by atoms with Crippen LogP contribution in [0, 0.1) is 12.8 Å². The normalized spacial score (nSPS) is 10.5. The van der Waals surface area contributed by atoms with Crippen molar-refractivity contribution in [2.75, 3.05) is 0 Å². The van der Waals surface area contributed by atoms with Crippen LogP contribution in [0.3, 0.4) is 0 Å². The first kappa shape index (κ1) is 7.98. The number of ketones is 1. The van der Waals surface area contributed by atoms with Crippen molar-refractivity contribution in [2.24, 2.45) is 5.92 Å². The maximum Gasteiger partial charge on any atom is 0.263 e. The summed E-state index contributed by atoms with van der Waals surface area (Å²) >= 11 is 0. The summed E-state index contributed by atoms with van der Waals surface area (Å²) in [6.07, 6.45) is 1.55. The Hall–Kier alpha value is -1.12. The minimum absolute atomic E-state index is 0.0434. The van der Waals surface area contributed by atoms with E-state index in [0.29, 0.717) is 5.76 Å². The molecule has 0 saturated heterocycles. The van der Waals surface area contributed by atoms with Crippen LogP contribution in [0.2, 0.25) is 0 Å². The summed E-state index contributed by atoms with van der Waals surface area (Å²) in [6.45, 7) is 5.41. The lowest BCUT2D eigenvalue weighted by Gasteiger charge is -1.96. The molecule has 1 rings (SSSR count). The number of carbonyl (C=O) groups is 1. The Bertz CT molecular complexity index is 263. The summed E-state index contributed by atoms with van der Waals surface area (Å²) in [7, 11) is 0. The highest BCUT2D eigenvalue weighted by Gasteiger charge is 2.15. The minimum Gasteiger partial charge on any atom is -0.439 e. The quantitative estimate of drug-likeness (QED) is 0.608. The Kier molecular flexibility index (Phi) is 2.08. The van der Waals surface area contributed by atoms with E-state index in [1.165, 1.54) is 0 Å². The number of hydrogen-bond donors (Lipinski definition) is 0. The second kappa shape index (κ2) is 2.86. The van der Waals surface area contributed by atoms with Crippen LogP contribution in [0.5, 0.6) is 0 Å². The molecule has 0 N–H and O–H groups in total. The Balaban J connectivity index is 2.85. The maximum atomic E-state index is 11.2. The van der Waals surface area contributed by atoms with Gasteiger partial charge in [-0.25, -0.2) is 4.98 Å². The van der Waals surface area contributed by atoms with E-state index < -0.39 is 0 Å². The van der Waals surface area contributed by atoms with Gasteiger partial charge in [0.1, 0.15) is 5.76 Å². The van der Waals surface area contributed by atoms with Crippen molar-refractivity contribution in [1.29, 1.82) is 0 Å². The molecule has 0 aliphatic heterocycles. The van der Waals surface area contributed by atoms with Crippen LogP contribution in [0.4, 0.5) is 0 Å². The average molecular weight is 153 g/mol. The van der Waals surface area contributed by atoms with E-state index in [9.17, 15) is 4.79 Å². The molecule has 0 atom stereocenters. The highest BCUT2D eigenvalue weighted by atomic mass is 16.4. The van der Waals surface area contributed by atoms with Gasteiger partial charge in [0, 0.05) is 5.92 Å². The van der Waals surface area contributed by atoms with Gasteiger partial charge in [0.2, 0.25) is 5.78 Å². The van der Waals surface area contributed by atoms with Gasteiger partial charge in [-0.15, -0.1) is 0 Å². The molecule has 60 valence electrons. The van der Waals surface area contributed by atoms with Gasteiger partial charge in [-0.2, -0.15) is 0 Å². The molecule has 0 unspecified atom stereocenters. The van der Waals surface area contributed by atoms with Crippen molar-refractivity contribution in [3.05, 3.63) is 17.8 Å². The average Bonchev–Trinajstić information content (AvgIpc) is 2.34. The first-order valence-electron chi connectivity index (χ1n) is 3.58. The molecule has 1 aromatic rings. The molecule has 3 nitrogen and oxygen atoms in total. The number of aryl methyl sites for hydroxylation is 1. The molecule has 1 heterocycles. The smallest absolute Gasteiger partial charge is 0.263 e. The van der Waals surface area contributed by atoms with Gasteiger partial charge in [0.15, 0.2) is 0 Å². The van der Waals surface area contributed by atoms with E-state index in [2.05, 4.69) is 4.98 Å². The van der Waals surface area contributed by atoms with Crippen LogP contribution in [-0.4, -0.2) is 10.8 Å². The Morgan fingerprint density at radius 2 is 2.27 bits per heavy atom. The van der Waals surface area contributed by atoms with E-state index in [1.807, 2.05) is 13.8 Å².